The molecule has 0 aliphatic carbocycles. The van der Waals surface area contributed by atoms with Gasteiger partial charge >= 0.3 is 5.97 Å². The molecule has 6 heteroatoms. The van der Waals surface area contributed by atoms with Crippen LogP contribution in [0, 0.1) is 0 Å². The molecule has 1 rings (SSSR count). The van der Waals surface area contributed by atoms with Crippen LogP contribution in [0.15, 0.2) is 18.2 Å². The minimum absolute atomic E-state index is 0.275. The van der Waals surface area contributed by atoms with Crippen LogP contribution in [0.2, 0.25) is 0 Å². The SMILES string of the molecule is CNC(=O)C(C)OC(=O)c1ccc(N)c(OC)c1. The molecule has 0 aliphatic heterocycles. The molecular formula is C12H16N2O4. The Labute approximate surface area is 105 Å². The smallest absolute Gasteiger partial charge is 0.339 e. The molecule has 0 aliphatic rings. The molecule has 6 nitrogen and oxygen atoms in total. The number of nitrogens with one attached hydrogen (secondary N) is 1. The first-order valence-corrected chi connectivity index (χ1v) is 5.35. The van der Waals surface area contributed by atoms with Crippen LogP contribution in [-0.2, 0) is 9.53 Å². The summed E-state index contributed by atoms with van der Waals surface area (Å²) in [6.07, 6.45) is -0.856. The molecule has 0 saturated carbocycles. The van der Waals surface area contributed by atoms with E-state index in [1.165, 1.54) is 33.2 Å². The first-order valence-electron chi connectivity index (χ1n) is 5.35. The molecule has 0 saturated heterocycles. The first-order chi connectivity index (χ1) is 8.49. The van der Waals surface area contributed by atoms with Crippen molar-refractivity contribution in [3.63, 3.8) is 0 Å². The zero-order chi connectivity index (χ0) is 13.7. The number of benzene rings is 1. The van der Waals surface area contributed by atoms with Gasteiger partial charge in [-0.25, -0.2) is 4.79 Å². The third kappa shape index (κ3) is 3.13. The summed E-state index contributed by atoms with van der Waals surface area (Å²) in [6.45, 7) is 1.49. The van der Waals surface area contributed by atoms with Gasteiger partial charge in [0, 0.05) is 7.05 Å². The standard InChI is InChI=1S/C12H16N2O4/c1-7(11(15)14-2)18-12(16)8-4-5-9(13)10(6-8)17-3/h4-7H,13H2,1-3H3,(H,14,15). The molecule has 0 heterocycles. The Morgan fingerprint density at radius 1 is 1.39 bits per heavy atom. The monoisotopic (exact) mass is 252 g/mol. The van der Waals surface area contributed by atoms with Crippen molar-refractivity contribution in [3.05, 3.63) is 23.8 Å². The number of carbonyl (C=O) groups is 2. The van der Waals surface area contributed by atoms with Crippen molar-refractivity contribution in [3.8, 4) is 5.75 Å². The van der Waals surface area contributed by atoms with Crippen LogP contribution in [0.25, 0.3) is 0 Å². The van der Waals surface area contributed by atoms with E-state index in [4.69, 9.17) is 15.2 Å². The summed E-state index contributed by atoms with van der Waals surface area (Å²) < 4.78 is 9.98. The second-order valence-electron chi connectivity index (χ2n) is 3.62. The van der Waals surface area contributed by atoms with E-state index in [9.17, 15) is 9.59 Å². The third-order valence-corrected chi connectivity index (χ3v) is 2.37. The summed E-state index contributed by atoms with van der Waals surface area (Å²) in [5.74, 6) is -0.591. The van der Waals surface area contributed by atoms with E-state index >= 15 is 0 Å². The first kappa shape index (κ1) is 13.8. The lowest BCUT2D eigenvalue weighted by Gasteiger charge is -2.12. The van der Waals surface area contributed by atoms with Crippen molar-refractivity contribution in [2.45, 2.75) is 13.0 Å². The number of likely N-dealkylation sites (N-methyl/N-ethyl adjacent to an activating group) is 1. The van der Waals surface area contributed by atoms with Crippen molar-refractivity contribution in [2.75, 3.05) is 19.9 Å². The van der Waals surface area contributed by atoms with Gasteiger partial charge in [-0.1, -0.05) is 0 Å². The molecule has 1 aromatic carbocycles. The number of hydrogen-bond acceptors (Lipinski definition) is 5. The summed E-state index contributed by atoms with van der Waals surface area (Å²) in [5.41, 5.74) is 6.33. The van der Waals surface area contributed by atoms with Gasteiger partial charge in [-0.3, -0.25) is 4.79 Å². The van der Waals surface area contributed by atoms with Crippen LogP contribution >= 0.6 is 0 Å². The van der Waals surface area contributed by atoms with Crippen molar-refractivity contribution in [1.82, 2.24) is 5.32 Å². The Hall–Kier alpha value is -2.24. The number of carbonyl (C=O) groups excluding carboxylic acids is 2. The van der Waals surface area contributed by atoms with Crippen LogP contribution < -0.4 is 15.8 Å². The molecule has 0 bridgehead atoms. The van der Waals surface area contributed by atoms with Crippen LogP contribution in [0.1, 0.15) is 17.3 Å². The Bertz CT molecular complexity index is 459. The fourth-order valence-electron chi connectivity index (χ4n) is 1.32. The predicted octanol–water partition coefficient (Wildman–Crippen LogP) is 0.569. The molecular weight excluding hydrogens is 236 g/mol. The minimum Gasteiger partial charge on any atom is -0.495 e. The zero-order valence-corrected chi connectivity index (χ0v) is 10.5. The van der Waals surface area contributed by atoms with Gasteiger partial charge in [-0.2, -0.15) is 0 Å². The number of hydrogen-bond donors (Lipinski definition) is 2. The van der Waals surface area contributed by atoms with Gasteiger partial charge in [0.15, 0.2) is 6.10 Å². The maximum absolute atomic E-state index is 11.8. The van der Waals surface area contributed by atoms with Crippen molar-refractivity contribution in [1.29, 1.82) is 0 Å². The highest BCUT2D eigenvalue weighted by Crippen LogP contribution is 2.22. The Morgan fingerprint density at radius 3 is 2.61 bits per heavy atom. The van der Waals surface area contributed by atoms with Crippen molar-refractivity contribution in [2.24, 2.45) is 0 Å². The second kappa shape index (κ2) is 5.90. The lowest BCUT2D eigenvalue weighted by molar-refractivity contribution is -0.128. The number of nitrogens with two attached hydrogens (primary N) is 1. The molecule has 1 amide bonds. The van der Waals surface area contributed by atoms with Crippen LogP contribution in [0.4, 0.5) is 5.69 Å². The minimum atomic E-state index is -0.856. The number of nitrogen functional groups attached to an aromatic ring is 1. The maximum Gasteiger partial charge on any atom is 0.339 e. The average molecular weight is 252 g/mol. The van der Waals surface area contributed by atoms with Gasteiger partial charge in [-0.15, -0.1) is 0 Å². The quantitative estimate of drug-likeness (QED) is 0.604. The summed E-state index contributed by atoms with van der Waals surface area (Å²) in [4.78, 5) is 23.0. The van der Waals surface area contributed by atoms with Gasteiger partial charge in [-0.05, 0) is 25.1 Å². The molecule has 0 radical (unpaired) electrons. The molecule has 0 spiro atoms. The van der Waals surface area contributed by atoms with Gasteiger partial charge in [0.25, 0.3) is 5.91 Å². The van der Waals surface area contributed by atoms with E-state index < -0.39 is 12.1 Å². The summed E-state index contributed by atoms with van der Waals surface area (Å²) in [5, 5.41) is 2.39. The van der Waals surface area contributed by atoms with Gasteiger partial charge < -0.3 is 20.5 Å². The maximum atomic E-state index is 11.8. The molecule has 18 heavy (non-hydrogen) atoms. The number of esters is 1. The average Bonchev–Trinajstić information content (AvgIpc) is 2.37. The number of anilines is 1. The van der Waals surface area contributed by atoms with Gasteiger partial charge in [0.05, 0.1) is 18.4 Å². The predicted molar refractivity (Wildman–Crippen MR) is 66.4 cm³/mol. The number of methoxy groups -OCH3 is 1. The highest BCUT2D eigenvalue weighted by atomic mass is 16.5. The normalized spacial score (nSPS) is 11.5. The van der Waals surface area contributed by atoms with E-state index in [1.54, 1.807) is 6.07 Å². The second-order valence-corrected chi connectivity index (χ2v) is 3.62. The van der Waals surface area contributed by atoms with Gasteiger partial charge in [0.2, 0.25) is 0 Å². The number of ether oxygens (including phenoxy) is 2. The Kier molecular flexibility index (Phi) is 4.53. The number of amides is 1. The third-order valence-electron chi connectivity index (χ3n) is 2.37. The lowest BCUT2D eigenvalue weighted by Crippen LogP contribution is -2.33. The molecule has 1 unspecified atom stereocenters. The highest BCUT2D eigenvalue weighted by Gasteiger charge is 2.18. The van der Waals surface area contributed by atoms with E-state index in [2.05, 4.69) is 5.32 Å². The Balaban J connectivity index is 2.81. The molecule has 3 N–H and O–H groups in total. The van der Waals surface area contributed by atoms with Gasteiger partial charge in [0.1, 0.15) is 5.75 Å². The molecule has 1 aromatic rings. The van der Waals surface area contributed by atoms with Crippen molar-refractivity contribution < 1.29 is 19.1 Å². The largest absolute Gasteiger partial charge is 0.495 e. The lowest BCUT2D eigenvalue weighted by atomic mass is 10.2. The zero-order valence-electron chi connectivity index (χ0n) is 10.5. The van der Waals surface area contributed by atoms with E-state index in [0.717, 1.165) is 0 Å². The fourth-order valence-corrected chi connectivity index (χ4v) is 1.32. The summed E-state index contributed by atoms with van der Waals surface area (Å²) >= 11 is 0. The molecule has 98 valence electrons. The van der Waals surface area contributed by atoms with Crippen molar-refractivity contribution >= 4 is 17.6 Å². The summed E-state index contributed by atoms with van der Waals surface area (Å²) in [6, 6.07) is 4.52. The Morgan fingerprint density at radius 2 is 2.06 bits per heavy atom. The number of rotatable bonds is 4. The fraction of sp³-hybridized carbons (Fsp3) is 0.333. The van der Waals surface area contributed by atoms with Crippen LogP contribution in [0.5, 0.6) is 5.75 Å². The van der Waals surface area contributed by atoms with E-state index in [1.807, 2.05) is 0 Å². The molecule has 0 aromatic heterocycles. The summed E-state index contributed by atoms with van der Waals surface area (Å²) in [7, 11) is 2.92. The van der Waals surface area contributed by atoms with Crippen LogP contribution in [0.3, 0.4) is 0 Å². The topological polar surface area (TPSA) is 90.7 Å². The molecule has 1 atom stereocenters. The van der Waals surface area contributed by atoms with E-state index in [-0.39, 0.29) is 11.5 Å². The molecule has 0 fully saturated rings. The highest BCUT2D eigenvalue weighted by molar-refractivity contribution is 5.93. The van der Waals surface area contributed by atoms with Crippen LogP contribution in [-0.4, -0.2) is 32.1 Å². The van der Waals surface area contributed by atoms with E-state index in [0.29, 0.717) is 11.4 Å².